The molecule has 4 heteroatoms. The smallest absolute Gasteiger partial charge is 0.174 e. The summed E-state index contributed by atoms with van der Waals surface area (Å²) < 4.78 is 2.13. The molecular weight excluding hydrogens is 338 g/mol. The maximum absolute atomic E-state index is 12.6. The highest BCUT2D eigenvalue weighted by Crippen LogP contribution is 2.25. The molecule has 0 aliphatic heterocycles. The van der Waals surface area contributed by atoms with Gasteiger partial charge in [0.05, 0.1) is 5.75 Å². The first-order valence-electron chi connectivity index (χ1n) is 7.72. The van der Waals surface area contributed by atoms with E-state index in [2.05, 4.69) is 16.7 Å². The van der Waals surface area contributed by atoms with E-state index in [4.69, 9.17) is 11.6 Å². The summed E-state index contributed by atoms with van der Waals surface area (Å²) in [5, 5.41) is 0.706. The molecule has 0 atom stereocenters. The number of Topliss-reactive ketones (excluding diaryl/α,β-unsaturated/α-hetero) is 1. The molecule has 2 nitrogen and oxygen atoms in total. The van der Waals surface area contributed by atoms with Gasteiger partial charge in [0.15, 0.2) is 5.78 Å². The molecule has 1 aromatic heterocycles. The minimum Gasteiger partial charge on any atom is -0.318 e. The predicted octanol–water partition coefficient (Wildman–Crippen LogP) is 5.72. The van der Waals surface area contributed by atoms with E-state index in [0.29, 0.717) is 10.8 Å². The van der Waals surface area contributed by atoms with Crippen LogP contribution in [0.4, 0.5) is 0 Å². The van der Waals surface area contributed by atoms with Crippen molar-refractivity contribution in [1.29, 1.82) is 0 Å². The maximum Gasteiger partial charge on any atom is 0.174 e. The first-order chi connectivity index (χ1) is 11.6. The Bertz CT molecular complexity index is 853. The van der Waals surface area contributed by atoms with Crippen LogP contribution < -0.4 is 0 Å². The van der Waals surface area contributed by atoms with Crippen molar-refractivity contribution in [2.45, 2.75) is 18.7 Å². The second-order valence-electron chi connectivity index (χ2n) is 5.62. The number of ketones is 1. The molecule has 0 amide bonds. The van der Waals surface area contributed by atoms with Gasteiger partial charge in [-0.1, -0.05) is 29.8 Å². The summed E-state index contributed by atoms with van der Waals surface area (Å²) in [6.07, 6.45) is 0. The van der Waals surface area contributed by atoms with Crippen LogP contribution in [-0.2, 0) is 0 Å². The number of para-hydroxylation sites is 1. The van der Waals surface area contributed by atoms with Crippen LogP contribution in [0.2, 0.25) is 5.02 Å². The van der Waals surface area contributed by atoms with Crippen molar-refractivity contribution < 1.29 is 4.79 Å². The van der Waals surface area contributed by atoms with Crippen LogP contribution in [0, 0.1) is 13.8 Å². The minimum absolute atomic E-state index is 0.144. The van der Waals surface area contributed by atoms with Crippen LogP contribution >= 0.6 is 23.4 Å². The normalized spacial score (nSPS) is 10.8. The van der Waals surface area contributed by atoms with Gasteiger partial charge in [0.25, 0.3) is 0 Å². The van der Waals surface area contributed by atoms with E-state index in [9.17, 15) is 4.79 Å². The molecule has 0 fully saturated rings. The van der Waals surface area contributed by atoms with Gasteiger partial charge in [-0.3, -0.25) is 4.79 Å². The zero-order chi connectivity index (χ0) is 17.1. The van der Waals surface area contributed by atoms with E-state index in [1.807, 2.05) is 62.4 Å². The lowest BCUT2D eigenvalue weighted by Gasteiger charge is -2.09. The molecule has 3 aromatic rings. The van der Waals surface area contributed by atoms with Gasteiger partial charge >= 0.3 is 0 Å². The number of aromatic nitrogens is 1. The average Bonchev–Trinajstić information content (AvgIpc) is 2.89. The van der Waals surface area contributed by atoms with E-state index < -0.39 is 0 Å². The zero-order valence-corrected chi connectivity index (χ0v) is 15.2. The third-order valence-corrected chi connectivity index (χ3v) is 5.19. The number of aryl methyl sites for hydroxylation is 1. The number of carbonyl (C=O) groups excluding carboxylic acids is 1. The lowest BCUT2D eigenvalue weighted by atomic mass is 10.2. The molecular formula is C20H18ClNOS. The molecule has 0 aliphatic rings. The summed E-state index contributed by atoms with van der Waals surface area (Å²) in [6, 6.07) is 19.7. The number of carbonyl (C=O) groups is 1. The summed E-state index contributed by atoms with van der Waals surface area (Å²) in [5.41, 5.74) is 3.92. The average molecular weight is 356 g/mol. The fourth-order valence-electron chi connectivity index (χ4n) is 2.78. The van der Waals surface area contributed by atoms with Crippen molar-refractivity contribution >= 4 is 29.1 Å². The number of halogens is 1. The minimum atomic E-state index is 0.144. The van der Waals surface area contributed by atoms with Gasteiger partial charge in [-0.25, -0.2) is 0 Å². The molecule has 2 aromatic carbocycles. The Labute approximate surface area is 151 Å². The number of hydrogen-bond acceptors (Lipinski definition) is 2. The summed E-state index contributed by atoms with van der Waals surface area (Å²) in [6.45, 7) is 4.03. The van der Waals surface area contributed by atoms with Crippen molar-refractivity contribution in [3.63, 3.8) is 0 Å². The second-order valence-corrected chi connectivity index (χ2v) is 7.11. The first kappa shape index (κ1) is 16.9. The van der Waals surface area contributed by atoms with Gasteiger partial charge in [0.1, 0.15) is 0 Å². The molecule has 0 spiro atoms. The molecule has 122 valence electrons. The highest BCUT2D eigenvalue weighted by molar-refractivity contribution is 8.00. The van der Waals surface area contributed by atoms with Gasteiger partial charge in [-0.15, -0.1) is 11.8 Å². The molecule has 0 aliphatic carbocycles. The SMILES string of the molecule is Cc1cc(C(=O)CSc2ccc(Cl)cc2)c(C)n1-c1ccccc1. The fourth-order valence-corrected chi connectivity index (χ4v) is 3.68. The second kappa shape index (κ2) is 7.29. The van der Waals surface area contributed by atoms with Crippen LogP contribution in [0.3, 0.4) is 0 Å². The van der Waals surface area contributed by atoms with E-state index in [0.717, 1.165) is 27.5 Å². The van der Waals surface area contributed by atoms with Gasteiger partial charge in [-0.2, -0.15) is 0 Å². The molecule has 0 saturated heterocycles. The van der Waals surface area contributed by atoms with Gasteiger partial charge < -0.3 is 4.57 Å². The summed E-state index contributed by atoms with van der Waals surface area (Å²) in [5.74, 6) is 0.561. The molecule has 0 radical (unpaired) electrons. The van der Waals surface area contributed by atoms with Crippen LogP contribution in [0.25, 0.3) is 5.69 Å². The lowest BCUT2D eigenvalue weighted by molar-refractivity contribution is 0.102. The largest absolute Gasteiger partial charge is 0.318 e. The molecule has 0 N–H and O–H groups in total. The van der Waals surface area contributed by atoms with Gasteiger partial charge in [-0.05, 0) is 56.3 Å². The summed E-state index contributed by atoms with van der Waals surface area (Å²) in [4.78, 5) is 13.7. The Hall–Kier alpha value is -1.97. The Balaban J connectivity index is 1.79. The van der Waals surface area contributed by atoms with Gasteiger partial charge in [0, 0.05) is 32.6 Å². The van der Waals surface area contributed by atoms with Crippen molar-refractivity contribution in [3.05, 3.63) is 82.6 Å². The Morgan fingerprint density at radius 2 is 1.71 bits per heavy atom. The molecule has 3 rings (SSSR count). The molecule has 1 heterocycles. The van der Waals surface area contributed by atoms with Crippen LogP contribution in [0.5, 0.6) is 0 Å². The van der Waals surface area contributed by atoms with Crippen LogP contribution in [-0.4, -0.2) is 16.1 Å². The quantitative estimate of drug-likeness (QED) is 0.431. The fraction of sp³-hybridized carbons (Fsp3) is 0.150. The van der Waals surface area contributed by atoms with Crippen LogP contribution in [0.15, 0.2) is 65.6 Å². The number of nitrogens with zero attached hydrogens (tertiary/aromatic N) is 1. The predicted molar refractivity (Wildman–Crippen MR) is 102 cm³/mol. The summed E-state index contributed by atoms with van der Waals surface area (Å²) in [7, 11) is 0. The number of hydrogen-bond donors (Lipinski definition) is 0. The molecule has 24 heavy (non-hydrogen) atoms. The molecule has 0 saturated carbocycles. The topological polar surface area (TPSA) is 22.0 Å². The molecule has 0 unspecified atom stereocenters. The monoisotopic (exact) mass is 355 g/mol. The van der Waals surface area contributed by atoms with Crippen molar-refractivity contribution in [3.8, 4) is 5.69 Å². The van der Waals surface area contributed by atoms with Crippen molar-refractivity contribution in [2.75, 3.05) is 5.75 Å². The molecule has 0 bridgehead atoms. The van der Waals surface area contributed by atoms with E-state index in [1.54, 1.807) is 0 Å². The van der Waals surface area contributed by atoms with E-state index in [1.165, 1.54) is 11.8 Å². The Morgan fingerprint density at radius 1 is 1.04 bits per heavy atom. The highest BCUT2D eigenvalue weighted by Gasteiger charge is 2.16. The Morgan fingerprint density at radius 3 is 2.38 bits per heavy atom. The maximum atomic E-state index is 12.6. The summed E-state index contributed by atoms with van der Waals surface area (Å²) >= 11 is 7.42. The number of rotatable bonds is 5. The zero-order valence-electron chi connectivity index (χ0n) is 13.6. The number of thioether (sulfide) groups is 1. The number of benzene rings is 2. The van der Waals surface area contributed by atoms with Crippen molar-refractivity contribution in [1.82, 2.24) is 4.57 Å². The Kier molecular flexibility index (Phi) is 5.12. The first-order valence-corrected chi connectivity index (χ1v) is 9.08. The lowest BCUT2D eigenvalue weighted by Crippen LogP contribution is -2.05. The third-order valence-electron chi connectivity index (χ3n) is 3.93. The van der Waals surface area contributed by atoms with Crippen molar-refractivity contribution in [2.24, 2.45) is 0 Å². The van der Waals surface area contributed by atoms with E-state index in [-0.39, 0.29) is 5.78 Å². The van der Waals surface area contributed by atoms with E-state index >= 15 is 0 Å². The third kappa shape index (κ3) is 3.58. The van der Waals surface area contributed by atoms with Crippen LogP contribution in [0.1, 0.15) is 21.7 Å². The van der Waals surface area contributed by atoms with Gasteiger partial charge in [0.2, 0.25) is 0 Å². The highest BCUT2D eigenvalue weighted by atomic mass is 35.5. The standard InChI is InChI=1S/C20H18ClNOS/c1-14-12-19(15(2)22(14)17-6-4-3-5-7-17)20(23)13-24-18-10-8-16(21)9-11-18/h3-12H,13H2,1-2H3.